The summed E-state index contributed by atoms with van der Waals surface area (Å²) in [5, 5.41) is 1.35. The number of rotatable bonds is 6. The number of hydrogen-bond acceptors (Lipinski definition) is 4. The SMILES string of the molecule is CC[C@H](C(=O)OCc1cc2ccc(SC)cc2nc1Cl)c1ccccc1. The highest BCUT2D eigenvalue weighted by atomic mass is 35.5. The molecule has 3 rings (SSSR count). The lowest BCUT2D eigenvalue weighted by Gasteiger charge is -2.15. The largest absolute Gasteiger partial charge is 0.460 e. The third kappa shape index (κ3) is 4.19. The van der Waals surface area contributed by atoms with Gasteiger partial charge in [0.1, 0.15) is 11.8 Å². The normalized spacial score (nSPS) is 12.1. The van der Waals surface area contributed by atoms with Crippen LogP contribution < -0.4 is 0 Å². The Hall–Kier alpha value is -2.04. The molecule has 0 spiro atoms. The maximum Gasteiger partial charge on any atom is 0.313 e. The molecule has 1 aromatic heterocycles. The van der Waals surface area contributed by atoms with Gasteiger partial charge < -0.3 is 4.74 Å². The molecule has 2 aromatic carbocycles. The molecule has 0 amide bonds. The van der Waals surface area contributed by atoms with Gasteiger partial charge in [-0.25, -0.2) is 4.98 Å². The zero-order chi connectivity index (χ0) is 18.5. The molecule has 5 heteroatoms. The van der Waals surface area contributed by atoms with Gasteiger partial charge in [-0.1, -0.05) is 54.9 Å². The Labute approximate surface area is 162 Å². The number of aromatic nitrogens is 1. The van der Waals surface area contributed by atoms with Crippen LogP contribution >= 0.6 is 23.4 Å². The monoisotopic (exact) mass is 385 g/mol. The predicted molar refractivity (Wildman–Crippen MR) is 108 cm³/mol. The van der Waals surface area contributed by atoms with Gasteiger partial charge in [0.25, 0.3) is 0 Å². The molecule has 3 nitrogen and oxygen atoms in total. The van der Waals surface area contributed by atoms with Crippen LogP contribution in [0.5, 0.6) is 0 Å². The average molecular weight is 386 g/mol. The van der Waals surface area contributed by atoms with Crippen LogP contribution in [0, 0.1) is 0 Å². The van der Waals surface area contributed by atoms with E-state index in [-0.39, 0.29) is 18.5 Å². The van der Waals surface area contributed by atoms with E-state index in [0.717, 1.165) is 21.4 Å². The van der Waals surface area contributed by atoms with E-state index in [1.807, 2.05) is 67.8 Å². The summed E-state index contributed by atoms with van der Waals surface area (Å²) in [6, 6.07) is 17.7. The molecule has 1 atom stereocenters. The highest BCUT2D eigenvalue weighted by Crippen LogP contribution is 2.26. The van der Waals surface area contributed by atoms with E-state index in [1.165, 1.54) is 0 Å². The van der Waals surface area contributed by atoms with Crippen molar-refractivity contribution in [3.8, 4) is 0 Å². The fourth-order valence-electron chi connectivity index (χ4n) is 2.87. The first-order valence-electron chi connectivity index (χ1n) is 8.47. The van der Waals surface area contributed by atoms with E-state index in [1.54, 1.807) is 11.8 Å². The average Bonchev–Trinajstić information content (AvgIpc) is 2.67. The number of benzene rings is 2. The second-order valence-corrected chi connectivity index (χ2v) is 7.21. The van der Waals surface area contributed by atoms with Gasteiger partial charge in [-0.15, -0.1) is 11.8 Å². The van der Waals surface area contributed by atoms with Crippen molar-refractivity contribution in [1.82, 2.24) is 4.98 Å². The third-order valence-corrected chi connectivity index (χ3v) is 5.37. The Morgan fingerprint density at radius 3 is 2.65 bits per heavy atom. The third-order valence-electron chi connectivity index (χ3n) is 4.32. The van der Waals surface area contributed by atoms with E-state index in [4.69, 9.17) is 16.3 Å². The van der Waals surface area contributed by atoms with Gasteiger partial charge in [0.15, 0.2) is 0 Å². The molecule has 0 aliphatic carbocycles. The van der Waals surface area contributed by atoms with Crippen LogP contribution in [0.25, 0.3) is 10.9 Å². The van der Waals surface area contributed by atoms with Crippen LogP contribution in [0.2, 0.25) is 5.15 Å². The van der Waals surface area contributed by atoms with Crippen LogP contribution in [0.4, 0.5) is 0 Å². The highest BCUT2D eigenvalue weighted by Gasteiger charge is 2.20. The molecule has 0 N–H and O–H groups in total. The number of ether oxygens (including phenoxy) is 1. The summed E-state index contributed by atoms with van der Waals surface area (Å²) in [5.74, 6) is -0.514. The first kappa shape index (κ1) is 18.7. The minimum atomic E-state index is -0.271. The zero-order valence-electron chi connectivity index (χ0n) is 14.7. The Morgan fingerprint density at radius 1 is 1.19 bits per heavy atom. The number of hydrogen-bond donors (Lipinski definition) is 0. The molecule has 0 aliphatic heterocycles. The molecule has 3 aromatic rings. The van der Waals surface area contributed by atoms with Gasteiger partial charge >= 0.3 is 5.97 Å². The Bertz CT molecular complexity index is 915. The summed E-state index contributed by atoms with van der Waals surface area (Å²) in [5.41, 5.74) is 2.52. The molecule has 0 unspecified atom stereocenters. The van der Waals surface area contributed by atoms with Gasteiger partial charge in [-0.3, -0.25) is 4.79 Å². The van der Waals surface area contributed by atoms with Crippen molar-refractivity contribution in [2.45, 2.75) is 30.8 Å². The van der Waals surface area contributed by atoms with Crippen LogP contribution in [0.1, 0.15) is 30.4 Å². The molecular formula is C21H20ClNO2S. The molecule has 0 bridgehead atoms. The van der Waals surface area contributed by atoms with Crippen molar-refractivity contribution >= 4 is 40.2 Å². The van der Waals surface area contributed by atoms with E-state index >= 15 is 0 Å². The molecular weight excluding hydrogens is 366 g/mol. The number of thioether (sulfide) groups is 1. The van der Waals surface area contributed by atoms with Crippen LogP contribution in [-0.2, 0) is 16.1 Å². The van der Waals surface area contributed by atoms with E-state index in [9.17, 15) is 4.79 Å². The van der Waals surface area contributed by atoms with Gasteiger partial charge in [-0.05, 0) is 36.4 Å². The van der Waals surface area contributed by atoms with Crippen LogP contribution in [0.15, 0.2) is 59.5 Å². The minimum Gasteiger partial charge on any atom is -0.460 e. The first-order chi connectivity index (χ1) is 12.6. The summed E-state index contributed by atoms with van der Waals surface area (Å²) in [7, 11) is 0. The van der Waals surface area contributed by atoms with Crippen molar-refractivity contribution in [2.24, 2.45) is 0 Å². The van der Waals surface area contributed by atoms with Crippen molar-refractivity contribution < 1.29 is 9.53 Å². The predicted octanol–water partition coefficient (Wildman–Crippen LogP) is 5.85. The smallest absolute Gasteiger partial charge is 0.313 e. The Kier molecular flexibility index (Phi) is 6.17. The number of halogens is 1. The van der Waals surface area contributed by atoms with Crippen molar-refractivity contribution in [1.29, 1.82) is 0 Å². The Balaban J connectivity index is 1.76. The van der Waals surface area contributed by atoms with Crippen molar-refractivity contribution in [2.75, 3.05) is 6.26 Å². The zero-order valence-corrected chi connectivity index (χ0v) is 16.3. The topological polar surface area (TPSA) is 39.2 Å². The maximum atomic E-state index is 12.5. The fourth-order valence-corrected chi connectivity index (χ4v) is 3.50. The van der Waals surface area contributed by atoms with Gasteiger partial charge in [-0.2, -0.15) is 0 Å². The maximum absolute atomic E-state index is 12.5. The number of nitrogens with zero attached hydrogens (tertiary/aromatic N) is 1. The van der Waals surface area contributed by atoms with Crippen LogP contribution in [-0.4, -0.2) is 17.2 Å². The summed E-state index contributed by atoms with van der Waals surface area (Å²) in [6.07, 6.45) is 2.71. The number of carbonyl (C=O) groups excluding carboxylic acids is 1. The second-order valence-electron chi connectivity index (χ2n) is 5.98. The molecule has 134 valence electrons. The van der Waals surface area contributed by atoms with Gasteiger partial charge in [0.2, 0.25) is 0 Å². The standard InChI is InChI=1S/C21H20ClNO2S/c1-3-18(14-7-5-4-6-8-14)21(24)25-13-16-11-15-9-10-17(26-2)12-19(15)23-20(16)22/h4-12,18H,3,13H2,1-2H3/t18-/m0/s1. The van der Waals surface area contributed by atoms with Crippen LogP contribution in [0.3, 0.4) is 0 Å². The number of pyridine rings is 1. The molecule has 26 heavy (non-hydrogen) atoms. The first-order valence-corrected chi connectivity index (χ1v) is 10.1. The number of esters is 1. The summed E-state index contributed by atoms with van der Waals surface area (Å²) in [4.78, 5) is 18.1. The molecule has 0 aliphatic rings. The van der Waals surface area contributed by atoms with E-state index in [0.29, 0.717) is 17.1 Å². The highest BCUT2D eigenvalue weighted by molar-refractivity contribution is 7.98. The minimum absolute atomic E-state index is 0.119. The summed E-state index contributed by atoms with van der Waals surface area (Å²) >= 11 is 7.96. The van der Waals surface area contributed by atoms with E-state index < -0.39 is 0 Å². The molecule has 0 saturated carbocycles. The van der Waals surface area contributed by atoms with Crippen molar-refractivity contribution in [3.05, 3.63) is 70.9 Å². The van der Waals surface area contributed by atoms with E-state index in [2.05, 4.69) is 4.98 Å². The molecule has 0 radical (unpaired) electrons. The van der Waals surface area contributed by atoms with Crippen molar-refractivity contribution in [3.63, 3.8) is 0 Å². The lowest BCUT2D eigenvalue weighted by atomic mass is 9.97. The lowest BCUT2D eigenvalue weighted by molar-refractivity contribution is -0.146. The quantitative estimate of drug-likeness (QED) is 0.303. The number of carbonyl (C=O) groups is 1. The Morgan fingerprint density at radius 2 is 1.96 bits per heavy atom. The number of fused-ring (bicyclic) bond motifs is 1. The molecule has 1 heterocycles. The second kappa shape index (κ2) is 8.56. The lowest BCUT2D eigenvalue weighted by Crippen LogP contribution is -2.15. The summed E-state index contributed by atoms with van der Waals surface area (Å²) < 4.78 is 5.54. The summed E-state index contributed by atoms with van der Waals surface area (Å²) in [6.45, 7) is 2.10. The van der Waals surface area contributed by atoms with Gasteiger partial charge in [0.05, 0.1) is 11.4 Å². The molecule has 0 saturated heterocycles. The van der Waals surface area contributed by atoms with Gasteiger partial charge in [0, 0.05) is 15.8 Å². The fraction of sp³-hybridized carbons (Fsp3) is 0.238. The molecule has 0 fully saturated rings.